The number of amides is 4. The van der Waals surface area contributed by atoms with Crippen LogP contribution in [0.2, 0.25) is 0 Å². The zero-order chi connectivity index (χ0) is 66.1. The molecule has 0 spiro atoms. The number of ether oxygens (including phenoxy) is 2. The van der Waals surface area contributed by atoms with Crippen molar-refractivity contribution in [2.24, 2.45) is 0 Å². The molecule has 0 bridgehead atoms. The summed E-state index contributed by atoms with van der Waals surface area (Å²) >= 11 is 3.53. The molecule has 23 heteroatoms. The molecule has 96 heavy (non-hydrogen) atoms. The molecule has 0 aliphatic carbocycles. The van der Waals surface area contributed by atoms with E-state index in [0.29, 0.717) is 35.9 Å². The molecule has 4 amide bonds. The van der Waals surface area contributed by atoms with Crippen LogP contribution in [0.25, 0.3) is 39.1 Å². The molecule has 3 atom stereocenters. The van der Waals surface area contributed by atoms with Gasteiger partial charge in [-0.3, -0.25) is 47.5 Å². The van der Waals surface area contributed by atoms with Gasteiger partial charge in [-0.05, 0) is 141 Å². The zero-order valence-electron chi connectivity index (χ0n) is 53.1. The average Bonchev–Trinajstić information content (AvgIpc) is 1.62. The third-order valence-corrected chi connectivity index (χ3v) is 17.8. The smallest absolute Gasteiger partial charge is 0.410 e. The summed E-state index contributed by atoms with van der Waals surface area (Å²) in [4.78, 5) is 90.9. The first-order valence-corrected chi connectivity index (χ1v) is 32.7. The summed E-state index contributed by atoms with van der Waals surface area (Å²) in [7, 11) is 0. The Kier molecular flexibility index (Phi) is 19.3. The molecule has 12 aromatic rings. The zero-order valence-corrected chi connectivity index (χ0v) is 54.7. The van der Waals surface area contributed by atoms with Gasteiger partial charge in [0.25, 0.3) is 11.8 Å². The number of hydrogen-bond donors (Lipinski definition) is 3. The van der Waals surface area contributed by atoms with E-state index >= 15 is 0 Å². The molecule has 3 N–H and O–H groups in total. The van der Waals surface area contributed by atoms with E-state index in [1.54, 1.807) is 64.9 Å². The molecular formula is C73H69BrN16O6. The highest BCUT2D eigenvalue weighted by Gasteiger charge is 2.37. The van der Waals surface area contributed by atoms with Gasteiger partial charge >= 0.3 is 12.2 Å². The molecule has 0 radical (unpaired) electrons. The minimum absolute atomic E-state index is 0.0983. The Bertz CT molecular complexity index is 4720. The van der Waals surface area contributed by atoms with Crippen LogP contribution in [0.1, 0.15) is 123 Å². The third-order valence-electron chi connectivity index (χ3n) is 17.3. The number of carbonyl (C=O) groups excluding carboxylic acids is 4. The number of benzene rings is 4. The summed E-state index contributed by atoms with van der Waals surface area (Å²) in [5.74, 6) is 3.21. The fourth-order valence-electron chi connectivity index (χ4n) is 12.6. The van der Waals surface area contributed by atoms with Crippen molar-refractivity contribution in [2.45, 2.75) is 90.6 Å². The molecule has 3 aliphatic rings. The molecule has 8 aromatic heterocycles. The number of carbonyl (C=O) groups is 4. The van der Waals surface area contributed by atoms with E-state index in [-0.39, 0.29) is 55.3 Å². The lowest BCUT2D eigenvalue weighted by molar-refractivity contribution is 0.0901. The third kappa shape index (κ3) is 13.9. The van der Waals surface area contributed by atoms with Crippen molar-refractivity contribution in [3.05, 3.63) is 257 Å². The molecule has 22 nitrogen and oxygen atoms in total. The number of anilines is 2. The van der Waals surface area contributed by atoms with Crippen LogP contribution in [0, 0.1) is 20.8 Å². The number of nitrogens with zero attached hydrogens (tertiary/aromatic N) is 13. The standard InChI is InChI=1S/C31H28N6O3.C23H22N6O.C19H19BrN4O2/c1-21-28-27(23-12-14-24(15-13-23)30(38)34-26-11-5-6-16-33-26)35-29(37(28)19-17-32-21)25-10-7-18-36(25)31(39)40-20-22-8-3-2-4-9-22;1-15-21-20(28-22(18-5-4-12-25-18)29(21)14-13-24-15)16-7-9-17(10-8-16)23(30)27-19-6-2-3-11-26-19;1-13-16-17(20)22-18(24(16)11-9-21-13)15-8-5-10-23(15)19(25)26-12-14-6-3-2-4-7-14/h2-6,8-9,11-17,19,25H,7,10,18,20H2,1H3,(H,33,34,38);2-3,6-11,13-14,18,25H,4-5,12H2,1H3,(H,26,27,30);2-4,6-7,9,11,15H,5,8,10,12H2,1H3/t25-;18-;15-/m000/s1. The molecule has 11 heterocycles. The quantitative estimate of drug-likeness (QED) is 0.0971. The molecule has 15 rings (SSSR count). The summed E-state index contributed by atoms with van der Waals surface area (Å²) in [5.41, 5.74) is 11.9. The first-order chi connectivity index (χ1) is 46.9. The lowest BCUT2D eigenvalue weighted by Crippen LogP contribution is -2.32. The molecule has 0 unspecified atom stereocenters. The molecule has 3 aliphatic heterocycles. The number of imidazole rings is 3. The summed E-state index contributed by atoms with van der Waals surface area (Å²) in [6, 6.07) is 44.9. The van der Waals surface area contributed by atoms with Crippen molar-refractivity contribution in [3.8, 4) is 22.5 Å². The largest absolute Gasteiger partial charge is 0.445 e. The van der Waals surface area contributed by atoms with Crippen LogP contribution in [0.5, 0.6) is 0 Å². The summed E-state index contributed by atoms with van der Waals surface area (Å²) in [5, 5.41) is 9.15. The Balaban J connectivity index is 0.000000134. The van der Waals surface area contributed by atoms with Crippen molar-refractivity contribution in [2.75, 3.05) is 30.3 Å². The van der Waals surface area contributed by atoms with Gasteiger partial charge in [0.15, 0.2) is 0 Å². The number of aryl methyl sites for hydroxylation is 3. The molecule has 3 saturated heterocycles. The number of likely N-dealkylation sites (tertiary alicyclic amines) is 2. The highest BCUT2D eigenvalue weighted by molar-refractivity contribution is 9.10. The van der Waals surface area contributed by atoms with Gasteiger partial charge in [0, 0.05) is 84.9 Å². The van der Waals surface area contributed by atoms with Crippen LogP contribution >= 0.6 is 15.9 Å². The topological polar surface area (TPSA) is 246 Å². The number of fused-ring (bicyclic) bond motifs is 3. The van der Waals surface area contributed by atoms with E-state index in [4.69, 9.17) is 19.4 Å². The number of aromatic nitrogens is 11. The molecule has 3 fully saturated rings. The van der Waals surface area contributed by atoms with E-state index in [1.807, 2.05) is 170 Å². The maximum atomic E-state index is 13.1. The van der Waals surface area contributed by atoms with Crippen LogP contribution in [-0.4, -0.2) is 107 Å². The maximum Gasteiger partial charge on any atom is 0.410 e. The fraction of sp³-hybridized carbons (Fsp3) is 0.233. The molecule has 4 aromatic carbocycles. The number of hydrogen-bond acceptors (Lipinski definition) is 15. The first kappa shape index (κ1) is 63.7. The van der Waals surface area contributed by atoms with Crippen molar-refractivity contribution < 1.29 is 28.7 Å². The summed E-state index contributed by atoms with van der Waals surface area (Å²) < 4.78 is 18.1. The Labute approximate surface area is 562 Å². The van der Waals surface area contributed by atoms with Gasteiger partial charge in [0.1, 0.15) is 52.4 Å². The Morgan fingerprint density at radius 2 is 0.906 bits per heavy atom. The van der Waals surface area contributed by atoms with Gasteiger partial charge in [-0.2, -0.15) is 0 Å². The highest BCUT2D eigenvalue weighted by Crippen LogP contribution is 2.38. The molecule has 484 valence electrons. The monoisotopic (exact) mass is 1340 g/mol. The minimum Gasteiger partial charge on any atom is -0.445 e. The number of halogens is 1. The van der Waals surface area contributed by atoms with Gasteiger partial charge in [-0.1, -0.05) is 97.1 Å². The Morgan fingerprint density at radius 1 is 0.479 bits per heavy atom. The summed E-state index contributed by atoms with van der Waals surface area (Å²) in [6.45, 7) is 8.69. The lowest BCUT2D eigenvalue weighted by Gasteiger charge is -2.23. The second-order valence-corrected chi connectivity index (χ2v) is 24.3. The number of nitrogens with one attached hydrogen (secondary N) is 3. The van der Waals surface area contributed by atoms with E-state index in [0.717, 1.165) is 134 Å². The van der Waals surface area contributed by atoms with Gasteiger partial charge in [-0.15, -0.1) is 0 Å². The van der Waals surface area contributed by atoms with Crippen molar-refractivity contribution in [1.29, 1.82) is 0 Å². The van der Waals surface area contributed by atoms with Gasteiger partial charge < -0.3 is 25.4 Å². The van der Waals surface area contributed by atoms with Crippen LogP contribution in [0.3, 0.4) is 0 Å². The van der Waals surface area contributed by atoms with Crippen molar-refractivity contribution >= 4 is 68.1 Å². The van der Waals surface area contributed by atoms with E-state index in [9.17, 15) is 19.2 Å². The number of rotatable bonds is 13. The van der Waals surface area contributed by atoms with E-state index in [2.05, 4.69) is 66.2 Å². The minimum atomic E-state index is -0.348. The second kappa shape index (κ2) is 29.1. The number of pyridine rings is 2. The fourth-order valence-corrected chi connectivity index (χ4v) is 13.2. The molecule has 0 saturated carbocycles. The molecular weight excluding hydrogens is 1280 g/mol. The predicted molar refractivity (Wildman–Crippen MR) is 367 cm³/mol. The van der Waals surface area contributed by atoms with Crippen LogP contribution < -0.4 is 16.0 Å². The van der Waals surface area contributed by atoms with Crippen molar-refractivity contribution in [1.82, 2.24) is 68.2 Å². The van der Waals surface area contributed by atoms with Gasteiger partial charge in [-0.25, -0.2) is 34.5 Å². The highest BCUT2D eigenvalue weighted by atomic mass is 79.9. The first-order valence-electron chi connectivity index (χ1n) is 31.9. The van der Waals surface area contributed by atoms with Gasteiger partial charge in [0.05, 0.1) is 57.6 Å². The maximum absolute atomic E-state index is 13.1. The predicted octanol–water partition coefficient (Wildman–Crippen LogP) is 13.9. The lowest BCUT2D eigenvalue weighted by atomic mass is 10.1. The van der Waals surface area contributed by atoms with E-state index in [1.165, 1.54) is 0 Å². The average molecular weight is 1350 g/mol. The Morgan fingerprint density at radius 3 is 1.35 bits per heavy atom. The van der Waals surface area contributed by atoms with E-state index < -0.39 is 0 Å². The van der Waals surface area contributed by atoms with Gasteiger partial charge in [0.2, 0.25) is 0 Å². The second-order valence-electron chi connectivity index (χ2n) is 23.5. The van der Waals surface area contributed by atoms with Crippen molar-refractivity contribution in [3.63, 3.8) is 0 Å². The normalized spacial score (nSPS) is 15.8. The van der Waals surface area contributed by atoms with Crippen LogP contribution in [0.15, 0.2) is 200 Å². The van der Waals surface area contributed by atoms with Crippen LogP contribution in [0.4, 0.5) is 21.2 Å². The van der Waals surface area contributed by atoms with Crippen LogP contribution in [-0.2, 0) is 22.7 Å². The summed E-state index contributed by atoms with van der Waals surface area (Å²) in [6.07, 6.45) is 19.4. The SMILES string of the molecule is Cc1nccn2c([C@@H]3CCCN3)nc(-c3ccc(C(=O)Nc4ccccn4)cc3)c12.Cc1nccn2c([C@@H]3CCCN3C(=O)OCc3ccccc3)nc(-c3ccc(C(=O)Nc4ccccn4)cc3)c12.Cc1nccn2c([C@@H]3CCCN3C(=O)OCc3ccccc3)nc(Br)c12. The Hall–Kier alpha value is -11.0.